The molecule has 2 amide bonds. The normalized spacial score (nSPS) is 20.6. The highest BCUT2D eigenvalue weighted by molar-refractivity contribution is 7.22. The summed E-state index contributed by atoms with van der Waals surface area (Å²) in [6.45, 7) is 13.8. The predicted molar refractivity (Wildman–Crippen MR) is 211 cm³/mol. The maximum atomic E-state index is 17.2. The SMILES string of the molecule is C[C@@H](CN1CCC(F)(F)CC1)Oc1nc(N2CC3CCC(C2)N3C(=O)OC(C)(C)C)c2cc(Cl)c(-c3ccc(F)c4sc(NC(=O)OC(C)(C)C)nc34)c(F)c2n1. The Kier molecular flexibility index (Phi) is 10.9. The monoisotopic (exact) mass is 835 g/mol. The second kappa shape index (κ2) is 15.2. The van der Waals surface area contributed by atoms with E-state index >= 15 is 8.78 Å². The summed E-state index contributed by atoms with van der Waals surface area (Å²) in [5, 5.41) is 2.83. The number of thiazole rings is 1. The van der Waals surface area contributed by atoms with Gasteiger partial charge in [0.25, 0.3) is 5.92 Å². The summed E-state index contributed by atoms with van der Waals surface area (Å²) in [5.41, 5.74) is -1.47. The van der Waals surface area contributed by atoms with E-state index < -0.39 is 47.0 Å². The molecule has 2 bridgehead atoms. The molecule has 12 nitrogen and oxygen atoms in total. The number of rotatable bonds is 7. The van der Waals surface area contributed by atoms with Crippen LogP contribution in [0.4, 0.5) is 38.1 Å². The van der Waals surface area contributed by atoms with Crippen LogP contribution in [0.3, 0.4) is 0 Å². The number of piperazine rings is 1. The van der Waals surface area contributed by atoms with E-state index in [2.05, 4.69) is 15.3 Å². The van der Waals surface area contributed by atoms with E-state index in [0.29, 0.717) is 25.5 Å². The first-order chi connectivity index (χ1) is 26.6. The summed E-state index contributed by atoms with van der Waals surface area (Å²) in [6.07, 6.45) is -0.782. The highest BCUT2D eigenvalue weighted by Gasteiger charge is 2.45. The summed E-state index contributed by atoms with van der Waals surface area (Å²) in [6, 6.07) is 3.54. The Balaban J connectivity index is 1.28. The lowest BCUT2D eigenvalue weighted by Gasteiger charge is -2.42. The third-order valence-corrected chi connectivity index (χ3v) is 11.3. The number of halogens is 5. The van der Waals surface area contributed by atoms with Gasteiger partial charge in [-0.05, 0) is 79.5 Å². The molecule has 3 fully saturated rings. The molecule has 18 heteroatoms. The largest absolute Gasteiger partial charge is 0.459 e. The van der Waals surface area contributed by atoms with Crippen LogP contribution in [0.15, 0.2) is 18.2 Å². The summed E-state index contributed by atoms with van der Waals surface area (Å²) in [4.78, 5) is 45.2. The third kappa shape index (κ3) is 8.94. The van der Waals surface area contributed by atoms with Crippen molar-refractivity contribution in [3.63, 3.8) is 0 Å². The number of aromatic nitrogens is 3. The number of hydrogen-bond donors (Lipinski definition) is 1. The molecule has 308 valence electrons. The number of piperidine rings is 1. The number of nitrogens with one attached hydrogen (secondary N) is 1. The highest BCUT2D eigenvalue weighted by atomic mass is 35.5. The van der Waals surface area contributed by atoms with Crippen molar-refractivity contribution >= 4 is 67.2 Å². The summed E-state index contributed by atoms with van der Waals surface area (Å²) in [7, 11) is 0. The molecule has 4 aromatic rings. The second-order valence-corrected chi connectivity index (χ2v) is 18.4. The van der Waals surface area contributed by atoms with Gasteiger partial charge in [0.15, 0.2) is 10.9 Å². The molecule has 2 unspecified atom stereocenters. The van der Waals surface area contributed by atoms with Crippen molar-refractivity contribution in [1.82, 2.24) is 24.8 Å². The highest BCUT2D eigenvalue weighted by Crippen LogP contribution is 2.44. The molecular formula is C39H46ClF4N7O5S. The maximum Gasteiger partial charge on any atom is 0.413 e. The molecule has 2 aromatic carbocycles. The minimum Gasteiger partial charge on any atom is -0.459 e. The molecule has 3 aliphatic heterocycles. The zero-order valence-electron chi connectivity index (χ0n) is 32.9. The van der Waals surface area contributed by atoms with Crippen LogP contribution < -0.4 is 15.0 Å². The standard InChI is InChI=1S/C39H46ClF4N7O5S/c1-20(17-49-14-12-39(43,44)13-15-49)54-33-45-29-24(32(47-33)50-18-21-8-9-22(19-50)51(21)36(53)56-38(5,6)7)16-25(40)27(28(29)42)23-10-11-26(41)31-30(23)46-34(57-31)48-35(52)55-37(2,3)4/h10-11,16,20-22H,8-9,12-15,17-19H2,1-7H3,(H,46,48,52)/t20-,21?,22?/m0/s1. The average molecular weight is 836 g/mol. The molecule has 2 aromatic heterocycles. The van der Waals surface area contributed by atoms with Crippen LogP contribution in [0.25, 0.3) is 32.2 Å². The molecule has 3 saturated heterocycles. The molecule has 0 spiro atoms. The number of benzene rings is 2. The van der Waals surface area contributed by atoms with Gasteiger partial charge < -0.3 is 19.1 Å². The van der Waals surface area contributed by atoms with E-state index in [1.54, 1.807) is 38.7 Å². The van der Waals surface area contributed by atoms with Crippen molar-refractivity contribution < 1.29 is 41.4 Å². The summed E-state index contributed by atoms with van der Waals surface area (Å²) < 4.78 is 77.5. The van der Waals surface area contributed by atoms with Crippen molar-refractivity contribution in [3.8, 4) is 17.1 Å². The van der Waals surface area contributed by atoms with Crippen LogP contribution in [-0.4, -0.2) is 105 Å². The van der Waals surface area contributed by atoms with Crippen LogP contribution in [0.5, 0.6) is 6.01 Å². The van der Waals surface area contributed by atoms with E-state index in [-0.39, 0.29) is 86.4 Å². The van der Waals surface area contributed by atoms with Gasteiger partial charge in [0.2, 0.25) is 0 Å². The molecule has 1 N–H and O–H groups in total. The molecule has 57 heavy (non-hydrogen) atoms. The van der Waals surface area contributed by atoms with Crippen molar-refractivity contribution in [2.75, 3.05) is 42.9 Å². The molecule has 5 heterocycles. The van der Waals surface area contributed by atoms with Crippen LogP contribution in [0, 0.1) is 11.6 Å². The van der Waals surface area contributed by atoms with Crippen molar-refractivity contribution in [3.05, 3.63) is 34.9 Å². The lowest BCUT2D eigenvalue weighted by Crippen LogP contribution is -2.57. The number of likely N-dealkylation sites (tertiary alicyclic amines) is 1. The first kappa shape index (κ1) is 41.0. The quantitative estimate of drug-likeness (QED) is 0.180. The Hall–Kier alpha value is -4.22. The number of hydrogen-bond acceptors (Lipinski definition) is 11. The van der Waals surface area contributed by atoms with E-state index in [1.807, 2.05) is 30.6 Å². The number of amides is 2. The number of carbonyl (C=O) groups is 2. The Bertz CT molecular complexity index is 2190. The number of ether oxygens (including phenoxy) is 3. The molecule has 3 atom stereocenters. The second-order valence-electron chi connectivity index (χ2n) is 17.0. The maximum absolute atomic E-state index is 17.2. The van der Waals surface area contributed by atoms with Crippen LogP contribution in [0.1, 0.15) is 74.1 Å². The fourth-order valence-electron chi connectivity index (χ4n) is 7.65. The van der Waals surface area contributed by atoms with E-state index in [0.717, 1.165) is 24.2 Å². The van der Waals surface area contributed by atoms with Gasteiger partial charge in [0, 0.05) is 62.1 Å². The molecule has 0 radical (unpaired) electrons. The average Bonchev–Trinajstić information content (AvgIpc) is 3.63. The van der Waals surface area contributed by atoms with Crippen molar-refractivity contribution in [1.29, 1.82) is 0 Å². The lowest BCUT2D eigenvalue weighted by molar-refractivity contribution is -0.0595. The van der Waals surface area contributed by atoms with Gasteiger partial charge in [-0.1, -0.05) is 22.9 Å². The van der Waals surface area contributed by atoms with Gasteiger partial charge in [0.1, 0.15) is 34.5 Å². The predicted octanol–water partition coefficient (Wildman–Crippen LogP) is 9.27. The van der Waals surface area contributed by atoms with Crippen LogP contribution in [0.2, 0.25) is 5.02 Å². The first-order valence-corrected chi connectivity index (χ1v) is 20.2. The molecule has 3 aliphatic rings. The van der Waals surface area contributed by atoms with E-state index in [4.69, 9.17) is 30.8 Å². The molecule has 0 aliphatic carbocycles. The fourth-order valence-corrected chi connectivity index (χ4v) is 8.83. The van der Waals surface area contributed by atoms with E-state index in [1.165, 1.54) is 12.1 Å². The van der Waals surface area contributed by atoms with Crippen LogP contribution in [-0.2, 0) is 9.47 Å². The zero-order valence-corrected chi connectivity index (χ0v) is 34.4. The van der Waals surface area contributed by atoms with Crippen LogP contribution >= 0.6 is 22.9 Å². The van der Waals surface area contributed by atoms with Gasteiger partial charge in [0.05, 0.1) is 27.3 Å². The number of alkyl halides is 2. The topological polar surface area (TPSA) is 122 Å². The smallest absolute Gasteiger partial charge is 0.413 e. The lowest BCUT2D eigenvalue weighted by atomic mass is 10.0. The van der Waals surface area contributed by atoms with Crippen molar-refractivity contribution in [2.45, 2.75) is 109 Å². The van der Waals surface area contributed by atoms with Crippen molar-refractivity contribution in [2.24, 2.45) is 0 Å². The minimum atomic E-state index is -2.70. The third-order valence-electron chi connectivity index (χ3n) is 10.0. The Morgan fingerprint density at radius 2 is 1.63 bits per heavy atom. The number of nitrogens with zero attached hydrogens (tertiary/aromatic N) is 6. The van der Waals surface area contributed by atoms with Gasteiger partial charge in [-0.2, -0.15) is 9.97 Å². The zero-order chi connectivity index (χ0) is 41.2. The van der Waals surface area contributed by atoms with E-state index in [9.17, 15) is 18.4 Å². The number of anilines is 2. The first-order valence-electron chi connectivity index (χ1n) is 19.0. The Morgan fingerprint density at radius 3 is 2.26 bits per heavy atom. The minimum absolute atomic E-state index is 0.0216. The summed E-state index contributed by atoms with van der Waals surface area (Å²) in [5.74, 6) is -3.83. The van der Waals surface area contributed by atoms with Gasteiger partial charge in [-0.3, -0.25) is 15.1 Å². The number of fused-ring (bicyclic) bond motifs is 4. The Morgan fingerprint density at radius 1 is 0.982 bits per heavy atom. The Labute approximate surface area is 336 Å². The number of carbonyl (C=O) groups excluding carboxylic acids is 2. The van der Waals surface area contributed by atoms with Gasteiger partial charge in [-0.15, -0.1) is 0 Å². The molecule has 0 saturated carbocycles. The molecule has 7 rings (SSSR count). The van der Waals surface area contributed by atoms with Gasteiger partial charge in [-0.25, -0.2) is 32.1 Å². The molecular weight excluding hydrogens is 790 g/mol. The fraction of sp³-hybridized carbons (Fsp3) is 0.564. The summed E-state index contributed by atoms with van der Waals surface area (Å²) >= 11 is 7.78. The van der Waals surface area contributed by atoms with Gasteiger partial charge >= 0.3 is 18.2 Å².